The smallest absolute Gasteiger partial charge is 0.0596 e. The van der Waals surface area contributed by atoms with E-state index < -0.39 is 0 Å². The summed E-state index contributed by atoms with van der Waals surface area (Å²) in [5.74, 6) is 0. The minimum atomic E-state index is 0.303. The SMILES string of the molecule is CC(C)OCCN(C)C1CNC(C)(C)C1. The van der Waals surface area contributed by atoms with Crippen LogP contribution in [0.15, 0.2) is 0 Å². The molecule has 0 amide bonds. The number of likely N-dealkylation sites (N-methyl/N-ethyl adjacent to an activating group) is 1. The Morgan fingerprint density at radius 3 is 2.60 bits per heavy atom. The van der Waals surface area contributed by atoms with Gasteiger partial charge >= 0.3 is 0 Å². The molecule has 90 valence electrons. The summed E-state index contributed by atoms with van der Waals surface area (Å²) in [6, 6.07) is 0.663. The molecule has 0 aromatic carbocycles. The third-order valence-corrected chi connectivity index (χ3v) is 3.08. The van der Waals surface area contributed by atoms with Gasteiger partial charge in [0.2, 0.25) is 0 Å². The molecule has 0 radical (unpaired) electrons. The molecule has 1 heterocycles. The van der Waals surface area contributed by atoms with Crippen LogP contribution in [0.2, 0.25) is 0 Å². The number of nitrogens with one attached hydrogen (secondary N) is 1. The van der Waals surface area contributed by atoms with Crippen LogP contribution >= 0.6 is 0 Å². The molecule has 0 aromatic rings. The predicted molar refractivity (Wildman–Crippen MR) is 64.2 cm³/mol. The molecule has 1 aliphatic heterocycles. The third-order valence-electron chi connectivity index (χ3n) is 3.08. The Balaban J connectivity index is 2.21. The zero-order chi connectivity index (χ0) is 11.5. The van der Waals surface area contributed by atoms with Gasteiger partial charge in [-0.05, 0) is 41.2 Å². The maximum Gasteiger partial charge on any atom is 0.0596 e. The summed E-state index contributed by atoms with van der Waals surface area (Å²) in [5, 5.41) is 3.54. The summed E-state index contributed by atoms with van der Waals surface area (Å²) in [6.45, 7) is 11.7. The number of hydrogen-bond donors (Lipinski definition) is 1. The normalized spacial score (nSPS) is 25.4. The number of hydrogen-bond acceptors (Lipinski definition) is 3. The fourth-order valence-electron chi connectivity index (χ4n) is 2.05. The number of rotatable bonds is 5. The van der Waals surface area contributed by atoms with Crippen molar-refractivity contribution in [1.82, 2.24) is 10.2 Å². The van der Waals surface area contributed by atoms with E-state index in [1.54, 1.807) is 0 Å². The van der Waals surface area contributed by atoms with Crippen LogP contribution in [0.3, 0.4) is 0 Å². The maximum atomic E-state index is 5.56. The highest BCUT2D eigenvalue weighted by Gasteiger charge is 2.32. The fourth-order valence-corrected chi connectivity index (χ4v) is 2.05. The molecule has 3 nitrogen and oxygen atoms in total. The average Bonchev–Trinajstić information content (AvgIpc) is 2.45. The highest BCUT2D eigenvalue weighted by molar-refractivity contribution is 4.93. The average molecular weight is 214 g/mol. The van der Waals surface area contributed by atoms with Gasteiger partial charge in [0.15, 0.2) is 0 Å². The monoisotopic (exact) mass is 214 g/mol. The molecule has 1 fully saturated rings. The second-order valence-corrected chi connectivity index (χ2v) is 5.52. The Hall–Kier alpha value is -0.120. The standard InChI is InChI=1S/C12H26N2O/c1-10(2)15-7-6-14(5)11-8-12(3,4)13-9-11/h10-11,13H,6-9H2,1-5H3. The highest BCUT2D eigenvalue weighted by atomic mass is 16.5. The zero-order valence-corrected chi connectivity index (χ0v) is 10.8. The van der Waals surface area contributed by atoms with Gasteiger partial charge in [0.25, 0.3) is 0 Å². The summed E-state index contributed by atoms with van der Waals surface area (Å²) in [6.07, 6.45) is 1.57. The predicted octanol–water partition coefficient (Wildman–Crippen LogP) is 1.48. The van der Waals surface area contributed by atoms with Crippen molar-refractivity contribution in [1.29, 1.82) is 0 Å². The molecule has 1 rings (SSSR count). The van der Waals surface area contributed by atoms with Gasteiger partial charge in [0, 0.05) is 24.7 Å². The lowest BCUT2D eigenvalue weighted by molar-refractivity contribution is 0.0569. The largest absolute Gasteiger partial charge is 0.377 e. The van der Waals surface area contributed by atoms with Gasteiger partial charge in [0.05, 0.1) is 12.7 Å². The van der Waals surface area contributed by atoms with Crippen molar-refractivity contribution in [2.75, 3.05) is 26.7 Å². The first-order valence-electron chi connectivity index (χ1n) is 5.97. The molecular weight excluding hydrogens is 188 g/mol. The number of ether oxygens (including phenoxy) is 1. The molecule has 1 saturated heterocycles. The van der Waals surface area contributed by atoms with E-state index in [0.29, 0.717) is 17.7 Å². The molecular formula is C12H26N2O. The van der Waals surface area contributed by atoms with Crippen molar-refractivity contribution < 1.29 is 4.74 Å². The third kappa shape index (κ3) is 4.49. The molecule has 0 aliphatic carbocycles. The van der Waals surface area contributed by atoms with Crippen LogP contribution in [0.5, 0.6) is 0 Å². The first-order chi connectivity index (χ1) is 6.91. The quantitative estimate of drug-likeness (QED) is 0.750. The molecule has 1 unspecified atom stereocenters. The molecule has 3 heteroatoms. The van der Waals surface area contributed by atoms with Gasteiger partial charge < -0.3 is 10.1 Å². The van der Waals surface area contributed by atoms with Crippen LogP contribution in [0.1, 0.15) is 34.1 Å². The van der Waals surface area contributed by atoms with Crippen LogP contribution in [-0.2, 0) is 4.74 Å². The van der Waals surface area contributed by atoms with Crippen molar-refractivity contribution in [2.45, 2.75) is 51.8 Å². The lowest BCUT2D eigenvalue weighted by Gasteiger charge is -2.25. The van der Waals surface area contributed by atoms with Crippen molar-refractivity contribution in [2.24, 2.45) is 0 Å². The minimum absolute atomic E-state index is 0.303. The summed E-state index contributed by atoms with van der Waals surface area (Å²) >= 11 is 0. The highest BCUT2D eigenvalue weighted by Crippen LogP contribution is 2.21. The Morgan fingerprint density at radius 2 is 2.13 bits per heavy atom. The van der Waals surface area contributed by atoms with Gasteiger partial charge in [0.1, 0.15) is 0 Å². The van der Waals surface area contributed by atoms with Crippen LogP contribution in [0.25, 0.3) is 0 Å². The van der Waals surface area contributed by atoms with Gasteiger partial charge in [-0.25, -0.2) is 0 Å². The molecule has 1 atom stereocenters. The van der Waals surface area contributed by atoms with E-state index in [2.05, 4.69) is 45.0 Å². The lowest BCUT2D eigenvalue weighted by atomic mass is 10.0. The fraction of sp³-hybridized carbons (Fsp3) is 1.00. The van der Waals surface area contributed by atoms with Crippen LogP contribution in [0, 0.1) is 0 Å². The van der Waals surface area contributed by atoms with Gasteiger partial charge in [-0.3, -0.25) is 4.90 Å². The first-order valence-corrected chi connectivity index (χ1v) is 5.97. The van der Waals surface area contributed by atoms with Gasteiger partial charge in [-0.15, -0.1) is 0 Å². The Morgan fingerprint density at radius 1 is 1.47 bits per heavy atom. The molecule has 1 aliphatic rings. The molecule has 0 spiro atoms. The van der Waals surface area contributed by atoms with Crippen LogP contribution < -0.4 is 5.32 Å². The molecule has 1 N–H and O–H groups in total. The minimum Gasteiger partial charge on any atom is -0.377 e. The van der Waals surface area contributed by atoms with E-state index >= 15 is 0 Å². The van der Waals surface area contributed by atoms with Crippen molar-refractivity contribution in [3.63, 3.8) is 0 Å². The summed E-state index contributed by atoms with van der Waals surface area (Å²) in [5.41, 5.74) is 0.303. The van der Waals surface area contributed by atoms with Crippen LogP contribution in [-0.4, -0.2) is 49.3 Å². The zero-order valence-electron chi connectivity index (χ0n) is 10.8. The maximum absolute atomic E-state index is 5.56. The van der Waals surface area contributed by atoms with E-state index in [4.69, 9.17) is 4.74 Å². The molecule has 0 aromatic heterocycles. The van der Waals surface area contributed by atoms with Crippen molar-refractivity contribution in [3.05, 3.63) is 0 Å². The Labute approximate surface area is 94.2 Å². The van der Waals surface area contributed by atoms with E-state index in [0.717, 1.165) is 19.7 Å². The molecule has 0 bridgehead atoms. The number of nitrogens with zero attached hydrogens (tertiary/aromatic N) is 1. The first kappa shape index (κ1) is 12.9. The second-order valence-electron chi connectivity index (χ2n) is 5.52. The van der Waals surface area contributed by atoms with Crippen molar-refractivity contribution >= 4 is 0 Å². The topological polar surface area (TPSA) is 24.5 Å². The Bertz CT molecular complexity index is 192. The van der Waals surface area contributed by atoms with E-state index in [1.165, 1.54) is 6.42 Å². The Kier molecular flexibility index (Phi) is 4.56. The van der Waals surface area contributed by atoms with Gasteiger partial charge in [-0.2, -0.15) is 0 Å². The summed E-state index contributed by atoms with van der Waals surface area (Å²) < 4.78 is 5.56. The second kappa shape index (κ2) is 5.28. The van der Waals surface area contributed by atoms with E-state index in [1.807, 2.05) is 0 Å². The molecule has 15 heavy (non-hydrogen) atoms. The van der Waals surface area contributed by atoms with Gasteiger partial charge in [-0.1, -0.05) is 0 Å². The summed E-state index contributed by atoms with van der Waals surface area (Å²) in [7, 11) is 2.19. The van der Waals surface area contributed by atoms with E-state index in [9.17, 15) is 0 Å². The van der Waals surface area contributed by atoms with E-state index in [-0.39, 0.29) is 0 Å². The summed E-state index contributed by atoms with van der Waals surface area (Å²) in [4.78, 5) is 2.41. The molecule has 0 saturated carbocycles. The lowest BCUT2D eigenvalue weighted by Crippen LogP contribution is -2.36. The van der Waals surface area contributed by atoms with Crippen LogP contribution in [0.4, 0.5) is 0 Å². The van der Waals surface area contributed by atoms with Crippen molar-refractivity contribution in [3.8, 4) is 0 Å².